The van der Waals surface area contributed by atoms with Crippen LogP contribution in [0.4, 0.5) is 10.1 Å². The Balaban J connectivity index is 0.00000280. The lowest BCUT2D eigenvalue weighted by Crippen LogP contribution is -2.14. The van der Waals surface area contributed by atoms with Crippen LogP contribution in [0.15, 0.2) is 41.0 Å². The molecule has 0 saturated heterocycles. The second-order valence-electron chi connectivity index (χ2n) is 6.58. The highest BCUT2D eigenvalue weighted by Gasteiger charge is 2.10. The van der Waals surface area contributed by atoms with Crippen LogP contribution in [0.2, 0.25) is 0 Å². The van der Waals surface area contributed by atoms with Gasteiger partial charge < -0.3 is 4.90 Å². The number of rotatable bonds is 6. The van der Waals surface area contributed by atoms with Gasteiger partial charge in [0.1, 0.15) is 5.82 Å². The van der Waals surface area contributed by atoms with Gasteiger partial charge in [0.15, 0.2) is 0 Å². The number of benzene rings is 1. The maximum absolute atomic E-state index is 13.4. The Bertz CT molecular complexity index is 979. The first-order valence-electron chi connectivity index (χ1n) is 8.86. The molecule has 0 atom stereocenters. The Morgan fingerprint density at radius 1 is 1.10 bits per heavy atom. The van der Waals surface area contributed by atoms with E-state index in [1.165, 1.54) is 23.4 Å². The topological polar surface area (TPSA) is 41.4 Å². The third-order valence-electron chi connectivity index (χ3n) is 4.44. The van der Waals surface area contributed by atoms with Gasteiger partial charge in [-0.05, 0) is 49.6 Å². The van der Waals surface area contributed by atoms with E-state index in [1.54, 1.807) is 17.5 Å². The van der Waals surface area contributed by atoms with Crippen molar-refractivity contribution >= 4 is 60.6 Å². The molecule has 2 heterocycles. The molecular formula is C21H26Cl3FN4S. The average molecular weight is 492 g/mol. The Morgan fingerprint density at radius 2 is 1.83 bits per heavy atom. The molecule has 0 fully saturated rings. The van der Waals surface area contributed by atoms with Crippen LogP contribution in [0.5, 0.6) is 0 Å². The second-order valence-corrected chi connectivity index (χ2v) is 7.52. The van der Waals surface area contributed by atoms with E-state index in [4.69, 9.17) is 0 Å². The zero-order valence-electron chi connectivity index (χ0n) is 17.3. The fourth-order valence-corrected chi connectivity index (χ4v) is 3.50. The van der Waals surface area contributed by atoms with E-state index < -0.39 is 0 Å². The molecule has 4 nitrogen and oxygen atoms in total. The van der Waals surface area contributed by atoms with Crippen molar-refractivity contribution < 1.29 is 4.39 Å². The van der Waals surface area contributed by atoms with Crippen LogP contribution in [-0.4, -0.2) is 34.8 Å². The molecule has 0 unspecified atom stereocenters. The van der Waals surface area contributed by atoms with E-state index in [9.17, 15) is 4.39 Å². The first-order valence-corrected chi connectivity index (χ1v) is 9.74. The lowest BCUT2D eigenvalue weighted by molar-refractivity contribution is 0.552. The van der Waals surface area contributed by atoms with Crippen molar-refractivity contribution in [2.75, 3.05) is 13.6 Å². The first-order chi connectivity index (χ1) is 13.0. The molecular weight excluding hydrogens is 466 g/mol. The van der Waals surface area contributed by atoms with E-state index in [-0.39, 0.29) is 43.0 Å². The average Bonchev–Trinajstić information content (AvgIpc) is 3.11. The minimum atomic E-state index is -0.349. The van der Waals surface area contributed by atoms with Gasteiger partial charge >= 0.3 is 0 Å². The smallest absolute Gasteiger partial charge is 0.142 e. The summed E-state index contributed by atoms with van der Waals surface area (Å²) >= 11 is 1.58. The number of pyridine rings is 1. The summed E-state index contributed by atoms with van der Waals surface area (Å²) < 4.78 is 13.4. The van der Waals surface area contributed by atoms with E-state index >= 15 is 0 Å². The quantitative estimate of drug-likeness (QED) is 0.295. The fourth-order valence-electron chi connectivity index (χ4n) is 2.67. The Morgan fingerprint density at radius 3 is 2.50 bits per heavy atom. The van der Waals surface area contributed by atoms with E-state index in [2.05, 4.69) is 47.9 Å². The van der Waals surface area contributed by atoms with Crippen LogP contribution in [0, 0.1) is 19.7 Å². The highest BCUT2D eigenvalue weighted by Crippen LogP contribution is 2.27. The largest absolute Gasteiger partial charge is 0.366 e. The summed E-state index contributed by atoms with van der Waals surface area (Å²) in [4.78, 5) is 15.2. The molecule has 0 bridgehead atoms. The number of thiazole rings is 1. The second kappa shape index (κ2) is 12.8. The van der Waals surface area contributed by atoms with Gasteiger partial charge in [-0.25, -0.2) is 14.4 Å². The molecule has 0 aliphatic heterocycles. The molecule has 30 heavy (non-hydrogen) atoms. The number of hydrogen-bond acceptors (Lipinski definition) is 4. The summed E-state index contributed by atoms with van der Waals surface area (Å²) in [6, 6.07) is 5.76. The number of aliphatic imine (C=N–C) groups is 1. The van der Waals surface area contributed by atoms with Crippen molar-refractivity contribution in [2.45, 2.75) is 27.2 Å². The molecule has 1 aromatic carbocycles. The highest BCUT2D eigenvalue weighted by atomic mass is 35.5. The standard InChI is InChI=1S/C21H23FN4S.3ClH/c1-5-26(4)13-24-19-7-14(2)16(6-15(19)3)9-21-25-20(12-27-21)17-8-18(22)11-23-10-17;;;/h6-8,10-13H,5,9H2,1-4H3;3*1H. The molecule has 0 N–H and O–H groups in total. The number of halogens is 4. The molecule has 0 aliphatic rings. The summed E-state index contributed by atoms with van der Waals surface area (Å²) in [5, 5.41) is 2.95. The Labute approximate surface area is 199 Å². The molecule has 0 aliphatic carbocycles. The van der Waals surface area contributed by atoms with Crippen LogP contribution in [0.3, 0.4) is 0 Å². The molecule has 0 amide bonds. The third kappa shape index (κ3) is 7.20. The normalized spacial score (nSPS) is 10.2. The summed E-state index contributed by atoms with van der Waals surface area (Å²) in [6.07, 6.45) is 5.45. The van der Waals surface area contributed by atoms with Crippen molar-refractivity contribution in [3.05, 3.63) is 63.5 Å². The Kier molecular flexibility index (Phi) is 12.1. The minimum Gasteiger partial charge on any atom is -0.366 e. The molecule has 3 aromatic rings. The molecule has 3 rings (SSSR count). The molecule has 2 aromatic heterocycles. The third-order valence-corrected chi connectivity index (χ3v) is 5.29. The van der Waals surface area contributed by atoms with Crippen LogP contribution < -0.4 is 0 Å². The van der Waals surface area contributed by atoms with Crippen molar-refractivity contribution in [3.8, 4) is 11.3 Å². The minimum absolute atomic E-state index is 0. The lowest BCUT2D eigenvalue weighted by atomic mass is 10.0. The van der Waals surface area contributed by atoms with Gasteiger partial charge in [-0.1, -0.05) is 6.07 Å². The zero-order valence-corrected chi connectivity index (χ0v) is 20.5. The molecule has 164 valence electrons. The molecule has 9 heteroatoms. The summed E-state index contributed by atoms with van der Waals surface area (Å²) in [5.41, 5.74) is 6.02. The van der Waals surface area contributed by atoms with Gasteiger partial charge in [-0.3, -0.25) is 4.98 Å². The summed E-state index contributed by atoms with van der Waals surface area (Å²) in [6.45, 7) is 7.19. The predicted octanol–water partition coefficient (Wildman–Crippen LogP) is 6.43. The number of nitrogens with zero attached hydrogens (tertiary/aromatic N) is 4. The summed E-state index contributed by atoms with van der Waals surface area (Å²) in [5.74, 6) is -0.349. The van der Waals surface area contributed by atoms with E-state index in [1.807, 2.05) is 23.7 Å². The molecule has 0 radical (unpaired) electrons. The van der Waals surface area contributed by atoms with Crippen LogP contribution >= 0.6 is 48.6 Å². The monoisotopic (exact) mass is 490 g/mol. The van der Waals surface area contributed by atoms with Crippen molar-refractivity contribution in [1.29, 1.82) is 0 Å². The van der Waals surface area contributed by atoms with E-state index in [0.29, 0.717) is 5.56 Å². The Hall–Kier alpha value is -1.73. The first kappa shape index (κ1) is 28.3. The van der Waals surface area contributed by atoms with Crippen LogP contribution in [-0.2, 0) is 6.42 Å². The van der Waals surface area contributed by atoms with Gasteiger partial charge in [0.05, 0.1) is 28.9 Å². The van der Waals surface area contributed by atoms with E-state index in [0.717, 1.165) is 34.9 Å². The maximum atomic E-state index is 13.4. The molecule has 0 spiro atoms. The fraction of sp³-hybridized carbons (Fsp3) is 0.286. The van der Waals surface area contributed by atoms with Gasteiger partial charge in [0.25, 0.3) is 0 Å². The lowest BCUT2D eigenvalue weighted by Gasteiger charge is -2.11. The number of hydrogen-bond donors (Lipinski definition) is 0. The van der Waals surface area contributed by atoms with Crippen LogP contribution in [0.1, 0.15) is 28.6 Å². The zero-order chi connectivity index (χ0) is 19.4. The number of aryl methyl sites for hydroxylation is 2. The van der Waals surface area contributed by atoms with Crippen molar-refractivity contribution in [3.63, 3.8) is 0 Å². The van der Waals surface area contributed by atoms with Crippen LogP contribution in [0.25, 0.3) is 11.3 Å². The van der Waals surface area contributed by atoms with Gasteiger partial charge in [0.2, 0.25) is 0 Å². The highest BCUT2D eigenvalue weighted by molar-refractivity contribution is 7.10. The SMILES string of the molecule is CCN(C)C=Nc1cc(C)c(Cc2nc(-c3cncc(F)c3)cs2)cc1C.Cl.Cl.Cl. The van der Waals surface area contributed by atoms with Crippen molar-refractivity contribution in [2.24, 2.45) is 4.99 Å². The van der Waals surface area contributed by atoms with Gasteiger partial charge in [-0.15, -0.1) is 48.6 Å². The molecule has 0 saturated carbocycles. The van der Waals surface area contributed by atoms with Gasteiger partial charge in [-0.2, -0.15) is 0 Å². The predicted molar refractivity (Wildman–Crippen MR) is 132 cm³/mol. The maximum Gasteiger partial charge on any atom is 0.142 e. The van der Waals surface area contributed by atoms with Gasteiger partial charge in [0, 0.05) is 37.2 Å². The summed E-state index contributed by atoms with van der Waals surface area (Å²) in [7, 11) is 2.01. The van der Waals surface area contributed by atoms with Crippen molar-refractivity contribution in [1.82, 2.24) is 14.9 Å². The number of aromatic nitrogens is 2.